The summed E-state index contributed by atoms with van der Waals surface area (Å²) in [5, 5.41) is 4.14. The number of hydrogen-bond acceptors (Lipinski definition) is 4. The maximum absolute atomic E-state index is 12.5. The smallest absolute Gasteiger partial charge is 0.251 e. The van der Waals surface area contributed by atoms with Crippen LogP contribution in [0.15, 0.2) is 42.6 Å². The fourth-order valence-corrected chi connectivity index (χ4v) is 3.16. The first-order valence-corrected chi connectivity index (χ1v) is 8.57. The molecule has 1 amide bonds. The third kappa shape index (κ3) is 3.06. The summed E-state index contributed by atoms with van der Waals surface area (Å²) in [6.45, 7) is 1.47. The Morgan fingerprint density at radius 1 is 1.23 bits per heavy atom. The van der Waals surface area contributed by atoms with Crippen molar-refractivity contribution >= 4 is 16.8 Å². The van der Waals surface area contributed by atoms with Crippen LogP contribution in [0.1, 0.15) is 15.9 Å². The van der Waals surface area contributed by atoms with E-state index in [2.05, 4.69) is 16.4 Å². The highest BCUT2D eigenvalue weighted by Gasteiger charge is 2.20. The van der Waals surface area contributed by atoms with Gasteiger partial charge in [-0.25, -0.2) is 0 Å². The number of ether oxygens (including phenoxy) is 3. The van der Waals surface area contributed by atoms with Crippen molar-refractivity contribution in [2.75, 3.05) is 26.9 Å². The zero-order valence-corrected chi connectivity index (χ0v) is 14.5. The van der Waals surface area contributed by atoms with Crippen LogP contribution in [0, 0.1) is 0 Å². The lowest BCUT2D eigenvalue weighted by atomic mass is 10.1. The highest BCUT2D eigenvalue weighted by atomic mass is 16.6. The number of carbonyl (C=O) groups is 1. The Balaban J connectivity index is 1.45. The molecular weight excluding hydrogens is 332 g/mol. The number of H-pyrrole nitrogens is 1. The second-order valence-electron chi connectivity index (χ2n) is 6.07. The predicted octanol–water partition coefficient (Wildman–Crippen LogP) is 2.92. The Kier molecular flexibility index (Phi) is 4.39. The second kappa shape index (κ2) is 7.00. The van der Waals surface area contributed by atoms with Crippen LogP contribution in [0.4, 0.5) is 0 Å². The first kappa shape index (κ1) is 16.3. The number of aromatic amines is 1. The summed E-state index contributed by atoms with van der Waals surface area (Å²) in [6, 6.07) is 11.5. The maximum atomic E-state index is 12.5. The van der Waals surface area contributed by atoms with Crippen molar-refractivity contribution in [3.05, 3.63) is 53.7 Å². The van der Waals surface area contributed by atoms with Crippen molar-refractivity contribution < 1.29 is 19.0 Å². The molecule has 0 atom stereocenters. The van der Waals surface area contributed by atoms with Crippen LogP contribution >= 0.6 is 0 Å². The monoisotopic (exact) mass is 352 g/mol. The van der Waals surface area contributed by atoms with Crippen LogP contribution in [-0.4, -0.2) is 37.8 Å². The van der Waals surface area contributed by atoms with Gasteiger partial charge in [0.2, 0.25) is 5.75 Å². The Bertz CT molecular complexity index is 931. The van der Waals surface area contributed by atoms with Crippen molar-refractivity contribution in [1.29, 1.82) is 0 Å². The normalized spacial score (nSPS) is 12.8. The summed E-state index contributed by atoms with van der Waals surface area (Å²) in [7, 11) is 1.55. The fourth-order valence-electron chi connectivity index (χ4n) is 3.16. The van der Waals surface area contributed by atoms with Gasteiger partial charge in [-0.05, 0) is 30.2 Å². The molecule has 26 heavy (non-hydrogen) atoms. The Morgan fingerprint density at radius 3 is 2.96 bits per heavy atom. The standard InChI is InChI=1S/C20H20N2O4/c1-24-17-10-14(11-18-19(17)26-9-8-25-18)20(23)21-7-6-13-12-22-16-5-3-2-4-15(13)16/h2-5,10-12,22H,6-9H2,1H3,(H,21,23). The highest BCUT2D eigenvalue weighted by molar-refractivity contribution is 5.95. The van der Waals surface area contributed by atoms with E-state index in [1.807, 2.05) is 24.4 Å². The van der Waals surface area contributed by atoms with E-state index >= 15 is 0 Å². The SMILES string of the molecule is COc1cc(C(=O)NCCc2c[nH]c3ccccc23)cc2c1OCCO2. The quantitative estimate of drug-likeness (QED) is 0.741. The molecule has 1 aliphatic heterocycles. The van der Waals surface area contributed by atoms with E-state index in [0.29, 0.717) is 42.6 Å². The Labute approximate surface area is 151 Å². The molecule has 6 heteroatoms. The van der Waals surface area contributed by atoms with Gasteiger partial charge in [0, 0.05) is 29.2 Å². The fraction of sp³-hybridized carbons (Fsp3) is 0.250. The van der Waals surface area contributed by atoms with E-state index in [9.17, 15) is 4.79 Å². The van der Waals surface area contributed by atoms with E-state index in [4.69, 9.17) is 14.2 Å². The summed E-state index contributed by atoms with van der Waals surface area (Å²) < 4.78 is 16.5. The minimum Gasteiger partial charge on any atom is -0.493 e. The zero-order valence-electron chi connectivity index (χ0n) is 14.5. The Hall–Kier alpha value is -3.15. The molecule has 1 aromatic heterocycles. The molecular formula is C20H20N2O4. The first-order chi connectivity index (χ1) is 12.8. The van der Waals surface area contributed by atoms with E-state index in [0.717, 1.165) is 11.9 Å². The molecule has 0 saturated heterocycles. The van der Waals surface area contributed by atoms with Gasteiger partial charge in [0.15, 0.2) is 11.5 Å². The first-order valence-electron chi connectivity index (χ1n) is 8.57. The Morgan fingerprint density at radius 2 is 2.08 bits per heavy atom. The topological polar surface area (TPSA) is 72.6 Å². The van der Waals surface area contributed by atoms with Crippen molar-refractivity contribution in [3.8, 4) is 17.2 Å². The lowest BCUT2D eigenvalue weighted by molar-refractivity contribution is 0.0952. The predicted molar refractivity (Wildman–Crippen MR) is 98.3 cm³/mol. The maximum Gasteiger partial charge on any atom is 0.251 e. The van der Waals surface area contributed by atoms with E-state index in [1.54, 1.807) is 19.2 Å². The molecule has 0 saturated carbocycles. The van der Waals surface area contributed by atoms with Crippen molar-refractivity contribution in [1.82, 2.24) is 10.3 Å². The molecule has 0 bridgehead atoms. The molecule has 0 aliphatic carbocycles. The van der Waals surface area contributed by atoms with E-state index in [1.165, 1.54) is 10.9 Å². The van der Waals surface area contributed by atoms with Crippen LogP contribution in [-0.2, 0) is 6.42 Å². The number of nitrogens with one attached hydrogen (secondary N) is 2. The third-order valence-corrected chi connectivity index (χ3v) is 4.44. The van der Waals surface area contributed by atoms with Gasteiger partial charge < -0.3 is 24.5 Å². The number of methoxy groups -OCH3 is 1. The lowest BCUT2D eigenvalue weighted by Crippen LogP contribution is -2.26. The summed E-state index contributed by atoms with van der Waals surface area (Å²) in [5.41, 5.74) is 2.77. The summed E-state index contributed by atoms with van der Waals surface area (Å²) in [5.74, 6) is 1.43. The molecule has 0 unspecified atom stereocenters. The molecule has 134 valence electrons. The average Bonchev–Trinajstić information content (AvgIpc) is 3.10. The van der Waals surface area contributed by atoms with Crippen LogP contribution < -0.4 is 19.5 Å². The van der Waals surface area contributed by atoms with Gasteiger partial charge in [-0.1, -0.05) is 18.2 Å². The summed E-state index contributed by atoms with van der Waals surface area (Å²) in [6.07, 6.45) is 2.74. The largest absolute Gasteiger partial charge is 0.493 e. The van der Waals surface area contributed by atoms with E-state index in [-0.39, 0.29) is 5.91 Å². The zero-order chi connectivity index (χ0) is 17.9. The molecule has 2 heterocycles. The molecule has 6 nitrogen and oxygen atoms in total. The second-order valence-corrected chi connectivity index (χ2v) is 6.07. The molecule has 2 N–H and O–H groups in total. The molecule has 3 aromatic rings. The number of aromatic nitrogens is 1. The van der Waals surface area contributed by atoms with Crippen LogP contribution in [0.25, 0.3) is 10.9 Å². The lowest BCUT2D eigenvalue weighted by Gasteiger charge is -2.21. The van der Waals surface area contributed by atoms with Crippen LogP contribution in [0.3, 0.4) is 0 Å². The average molecular weight is 352 g/mol. The van der Waals surface area contributed by atoms with Gasteiger partial charge in [-0.3, -0.25) is 4.79 Å². The molecule has 0 radical (unpaired) electrons. The van der Waals surface area contributed by atoms with Gasteiger partial charge in [-0.2, -0.15) is 0 Å². The van der Waals surface area contributed by atoms with Crippen LogP contribution in [0.5, 0.6) is 17.2 Å². The van der Waals surface area contributed by atoms with Gasteiger partial charge in [0.25, 0.3) is 5.91 Å². The molecule has 0 fully saturated rings. The number of carbonyl (C=O) groups excluding carboxylic acids is 1. The van der Waals surface area contributed by atoms with Crippen molar-refractivity contribution in [3.63, 3.8) is 0 Å². The summed E-state index contributed by atoms with van der Waals surface area (Å²) in [4.78, 5) is 15.8. The number of benzene rings is 2. The number of hydrogen-bond donors (Lipinski definition) is 2. The van der Waals surface area contributed by atoms with Gasteiger partial charge in [0.05, 0.1) is 7.11 Å². The number of fused-ring (bicyclic) bond motifs is 2. The highest BCUT2D eigenvalue weighted by Crippen LogP contribution is 2.40. The molecule has 4 rings (SSSR count). The van der Waals surface area contributed by atoms with E-state index < -0.39 is 0 Å². The minimum atomic E-state index is -0.167. The van der Waals surface area contributed by atoms with Crippen LogP contribution in [0.2, 0.25) is 0 Å². The summed E-state index contributed by atoms with van der Waals surface area (Å²) >= 11 is 0. The van der Waals surface area contributed by atoms with Gasteiger partial charge in [0.1, 0.15) is 13.2 Å². The molecule has 0 spiro atoms. The van der Waals surface area contributed by atoms with Gasteiger partial charge in [-0.15, -0.1) is 0 Å². The number of para-hydroxylation sites is 1. The van der Waals surface area contributed by atoms with Gasteiger partial charge >= 0.3 is 0 Å². The number of amides is 1. The van der Waals surface area contributed by atoms with Crippen molar-refractivity contribution in [2.24, 2.45) is 0 Å². The molecule has 2 aromatic carbocycles. The number of rotatable bonds is 5. The van der Waals surface area contributed by atoms with Crippen molar-refractivity contribution in [2.45, 2.75) is 6.42 Å². The third-order valence-electron chi connectivity index (χ3n) is 4.44. The minimum absolute atomic E-state index is 0.167. The molecule has 1 aliphatic rings.